The molecule has 0 bridgehead atoms. The summed E-state index contributed by atoms with van der Waals surface area (Å²) in [5.41, 5.74) is 3.07. The topological polar surface area (TPSA) is 75.7 Å². The summed E-state index contributed by atoms with van der Waals surface area (Å²) in [6.45, 7) is 8.21. The average molecular weight is 403 g/mol. The number of carbonyl (C=O) groups excluding carboxylic acids is 1. The largest absolute Gasteiger partial charge is 0.373 e. The molecule has 0 aliphatic carbocycles. The van der Waals surface area contributed by atoms with Crippen LogP contribution in [0.3, 0.4) is 0 Å². The summed E-state index contributed by atoms with van der Waals surface area (Å²) in [7, 11) is -3.70. The van der Waals surface area contributed by atoms with Crippen molar-refractivity contribution in [1.29, 1.82) is 0 Å². The lowest BCUT2D eigenvalue weighted by molar-refractivity contribution is -0.0440. The van der Waals surface area contributed by atoms with E-state index in [1.807, 2.05) is 45.9 Å². The molecule has 1 N–H and O–H groups in total. The number of morpholine rings is 1. The summed E-state index contributed by atoms with van der Waals surface area (Å²) in [5, 5.41) is 2.86. The maximum absolute atomic E-state index is 13.0. The Bertz CT molecular complexity index is 978. The number of hydrogen-bond donors (Lipinski definition) is 1. The quantitative estimate of drug-likeness (QED) is 0.851. The molecule has 6 nitrogen and oxygen atoms in total. The van der Waals surface area contributed by atoms with E-state index in [9.17, 15) is 13.2 Å². The van der Waals surface area contributed by atoms with Gasteiger partial charge in [-0.1, -0.05) is 23.8 Å². The van der Waals surface area contributed by atoms with Crippen LogP contribution in [0.15, 0.2) is 47.4 Å². The predicted octanol–water partition coefficient (Wildman–Crippen LogP) is 3.35. The Hall–Kier alpha value is -2.22. The van der Waals surface area contributed by atoms with E-state index < -0.39 is 10.0 Å². The molecule has 1 aliphatic heterocycles. The monoisotopic (exact) mass is 402 g/mol. The van der Waals surface area contributed by atoms with Crippen molar-refractivity contribution in [2.24, 2.45) is 0 Å². The van der Waals surface area contributed by atoms with E-state index in [-0.39, 0.29) is 23.0 Å². The van der Waals surface area contributed by atoms with E-state index in [0.29, 0.717) is 24.3 Å². The number of sulfonamides is 1. The molecule has 1 amide bonds. The van der Waals surface area contributed by atoms with E-state index in [0.717, 1.165) is 11.1 Å². The minimum atomic E-state index is -3.70. The van der Waals surface area contributed by atoms with Gasteiger partial charge in [-0.25, -0.2) is 8.42 Å². The van der Waals surface area contributed by atoms with Crippen molar-refractivity contribution >= 4 is 21.6 Å². The third-order valence-corrected chi connectivity index (χ3v) is 6.58. The lowest BCUT2D eigenvalue weighted by Crippen LogP contribution is -2.48. The van der Waals surface area contributed by atoms with E-state index in [2.05, 4.69) is 5.32 Å². The van der Waals surface area contributed by atoms with E-state index in [1.165, 1.54) is 16.4 Å². The fourth-order valence-corrected chi connectivity index (χ4v) is 5.06. The number of amides is 1. The Morgan fingerprint density at radius 1 is 1.07 bits per heavy atom. The number of hydrogen-bond acceptors (Lipinski definition) is 4. The van der Waals surface area contributed by atoms with Gasteiger partial charge < -0.3 is 10.1 Å². The SMILES string of the molecule is Cc1ccc(NC(=O)c2cccc(S(=O)(=O)N3C[C@H](C)O[C@@H](C)C3)c2)c(C)c1. The summed E-state index contributed by atoms with van der Waals surface area (Å²) in [4.78, 5) is 12.8. The van der Waals surface area contributed by atoms with Gasteiger partial charge in [0.15, 0.2) is 0 Å². The van der Waals surface area contributed by atoms with E-state index in [4.69, 9.17) is 4.74 Å². The summed E-state index contributed by atoms with van der Waals surface area (Å²) in [6.07, 6.45) is -0.343. The molecule has 3 rings (SSSR count). The lowest BCUT2D eigenvalue weighted by Gasteiger charge is -2.34. The molecule has 1 heterocycles. The fraction of sp³-hybridized carbons (Fsp3) is 0.381. The van der Waals surface area contributed by atoms with Gasteiger partial charge in [0.1, 0.15) is 0 Å². The number of nitrogens with zero attached hydrogens (tertiary/aromatic N) is 1. The smallest absolute Gasteiger partial charge is 0.255 e. The zero-order chi connectivity index (χ0) is 20.5. The molecule has 0 radical (unpaired) electrons. The molecule has 0 spiro atoms. The average Bonchev–Trinajstić information content (AvgIpc) is 2.63. The molecule has 0 saturated carbocycles. The molecule has 2 atom stereocenters. The number of carbonyl (C=O) groups is 1. The van der Waals surface area contributed by atoms with Gasteiger partial charge in [0.2, 0.25) is 10.0 Å². The minimum absolute atomic E-state index is 0.113. The number of nitrogens with one attached hydrogen (secondary N) is 1. The molecule has 2 aromatic carbocycles. The van der Waals surface area contributed by atoms with Crippen molar-refractivity contribution in [2.45, 2.75) is 44.8 Å². The molecule has 28 heavy (non-hydrogen) atoms. The minimum Gasteiger partial charge on any atom is -0.373 e. The highest BCUT2D eigenvalue weighted by Crippen LogP contribution is 2.23. The van der Waals surface area contributed by atoms with Crippen LogP contribution in [0.25, 0.3) is 0 Å². The molecule has 1 saturated heterocycles. The second-order valence-corrected chi connectivity index (χ2v) is 9.32. The standard InChI is InChI=1S/C21H26N2O4S/c1-14-8-9-20(15(2)10-14)22-21(24)18-6-5-7-19(11-18)28(25,26)23-12-16(3)27-17(4)13-23/h5-11,16-17H,12-13H2,1-4H3,(H,22,24)/t16-,17-/m0/s1. The van der Waals surface area contributed by atoms with Gasteiger partial charge in [0.25, 0.3) is 5.91 Å². The van der Waals surface area contributed by atoms with Crippen LogP contribution in [0.1, 0.15) is 35.3 Å². The van der Waals surface area contributed by atoms with Gasteiger partial charge in [0.05, 0.1) is 17.1 Å². The van der Waals surface area contributed by atoms with Crippen LogP contribution in [0.4, 0.5) is 5.69 Å². The Labute approximate surface area is 166 Å². The third kappa shape index (κ3) is 4.43. The number of anilines is 1. The molecule has 0 aromatic heterocycles. The molecule has 0 unspecified atom stereocenters. The number of rotatable bonds is 4. The van der Waals surface area contributed by atoms with Crippen molar-refractivity contribution in [2.75, 3.05) is 18.4 Å². The van der Waals surface area contributed by atoms with Crippen LogP contribution in [0, 0.1) is 13.8 Å². The molecule has 1 fully saturated rings. The first-order chi connectivity index (χ1) is 13.2. The maximum atomic E-state index is 13.0. The molecule has 150 valence electrons. The van der Waals surface area contributed by atoms with Crippen LogP contribution in [0.5, 0.6) is 0 Å². The zero-order valence-electron chi connectivity index (χ0n) is 16.6. The van der Waals surface area contributed by atoms with E-state index >= 15 is 0 Å². The summed E-state index contributed by atoms with van der Waals surface area (Å²) < 4.78 is 33.1. The van der Waals surface area contributed by atoms with Gasteiger partial charge >= 0.3 is 0 Å². The van der Waals surface area contributed by atoms with Gasteiger partial charge in [-0.2, -0.15) is 4.31 Å². The van der Waals surface area contributed by atoms with Crippen LogP contribution in [-0.4, -0.2) is 43.9 Å². The summed E-state index contributed by atoms with van der Waals surface area (Å²) in [6, 6.07) is 11.9. The first kappa shape index (κ1) is 20.5. The van der Waals surface area contributed by atoms with Gasteiger partial charge in [0, 0.05) is 24.3 Å². The highest BCUT2D eigenvalue weighted by molar-refractivity contribution is 7.89. The fourth-order valence-electron chi connectivity index (χ4n) is 3.42. The van der Waals surface area contributed by atoms with Gasteiger partial charge in [-0.05, 0) is 57.5 Å². The lowest BCUT2D eigenvalue weighted by atomic mass is 10.1. The summed E-state index contributed by atoms with van der Waals surface area (Å²) >= 11 is 0. The second-order valence-electron chi connectivity index (χ2n) is 7.38. The van der Waals surface area contributed by atoms with Crippen molar-refractivity contribution in [3.8, 4) is 0 Å². The highest BCUT2D eigenvalue weighted by Gasteiger charge is 2.32. The number of benzene rings is 2. The molecule has 7 heteroatoms. The highest BCUT2D eigenvalue weighted by atomic mass is 32.2. The Morgan fingerprint density at radius 2 is 1.75 bits per heavy atom. The normalized spacial score (nSPS) is 20.7. The Kier molecular flexibility index (Phi) is 5.88. The van der Waals surface area contributed by atoms with Crippen LogP contribution in [0.2, 0.25) is 0 Å². The van der Waals surface area contributed by atoms with Gasteiger partial charge in [-0.3, -0.25) is 4.79 Å². The molecule has 1 aliphatic rings. The number of aryl methyl sites for hydroxylation is 2. The summed E-state index contributed by atoms with van der Waals surface area (Å²) in [5.74, 6) is -0.340. The van der Waals surface area contributed by atoms with Crippen molar-refractivity contribution in [1.82, 2.24) is 4.31 Å². The first-order valence-corrected chi connectivity index (χ1v) is 10.7. The Balaban J connectivity index is 1.84. The van der Waals surface area contributed by atoms with Crippen LogP contribution < -0.4 is 5.32 Å². The first-order valence-electron chi connectivity index (χ1n) is 9.31. The van der Waals surface area contributed by atoms with Gasteiger partial charge in [-0.15, -0.1) is 0 Å². The number of ether oxygens (including phenoxy) is 1. The predicted molar refractivity (Wildman–Crippen MR) is 109 cm³/mol. The van der Waals surface area contributed by atoms with Crippen LogP contribution >= 0.6 is 0 Å². The second kappa shape index (κ2) is 8.03. The third-order valence-electron chi connectivity index (χ3n) is 4.75. The zero-order valence-corrected chi connectivity index (χ0v) is 17.4. The maximum Gasteiger partial charge on any atom is 0.255 e. The van der Waals surface area contributed by atoms with Crippen molar-refractivity contribution < 1.29 is 17.9 Å². The van der Waals surface area contributed by atoms with Crippen molar-refractivity contribution in [3.05, 3.63) is 59.2 Å². The Morgan fingerprint density at radius 3 is 2.39 bits per heavy atom. The van der Waals surface area contributed by atoms with E-state index in [1.54, 1.807) is 12.1 Å². The van der Waals surface area contributed by atoms with Crippen molar-refractivity contribution in [3.63, 3.8) is 0 Å². The van der Waals surface area contributed by atoms with Crippen LogP contribution in [-0.2, 0) is 14.8 Å². The molecular weight excluding hydrogens is 376 g/mol. The molecular formula is C21H26N2O4S. The molecule has 2 aromatic rings.